The Hall–Kier alpha value is -0.780. The molecule has 0 spiro atoms. The Kier molecular flexibility index (Phi) is 5.29. The lowest BCUT2D eigenvalue weighted by molar-refractivity contribution is 0.0950. The highest BCUT2D eigenvalue weighted by atomic mass is 127. The Morgan fingerprint density at radius 1 is 1.25 bits per heavy atom. The molecule has 0 bridgehead atoms. The molecular formula is C15H12Cl2INO. The molecule has 0 aromatic heterocycles. The third-order valence-electron chi connectivity index (χ3n) is 2.89. The molecule has 104 valence electrons. The number of hydrogen-bond acceptors (Lipinski definition) is 1. The molecule has 2 rings (SSSR count). The Morgan fingerprint density at radius 3 is 2.70 bits per heavy atom. The molecule has 5 heteroatoms. The highest BCUT2D eigenvalue weighted by Crippen LogP contribution is 2.21. The van der Waals surface area contributed by atoms with Crippen molar-refractivity contribution in [1.82, 2.24) is 5.32 Å². The third-order valence-corrected chi connectivity index (χ3v) is 4.91. The second kappa shape index (κ2) is 6.78. The van der Waals surface area contributed by atoms with Crippen molar-refractivity contribution in [2.45, 2.75) is 13.5 Å². The highest BCUT2D eigenvalue weighted by Gasteiger charge is 2.11. The summed E-state index contributed by atoms with van der Waals surface area (Å²) in [4.78, 5) is 12.2. The summed E-state index contributed by atoms with van der Waals surface area (Å²) in [5.41, 5.74) is 2.60. The third kappa shape index (κ3) is 3.65. The minimum Gasteiger partial charge on any atom is -0.348 e. The zero-order valence-corrected chi connectivity index (χ0v) is 14.4. The predicted molar refractivity (Wildman–Crippen MR) is 91.5 cm³/mol. The van der Waals surface area contributed by atoms with Gasteiger partial charge in [0.15, 0.2) is 0 Å². The van der Waals surface area contributed by atoms with E-state index in [1.165, 1.54) is 0 Å². The van der Waals surface area contributed by atoms with Crippen LogP contribution in [0.4, 0.5) is 0 Å². The smallest absolute Gasteiger partial charge is 0.252 e. The van der Waals surface area contributed by atoms with Gasteiger partial charge in [0.25, 0.3) is 5.91 Å². The van der Waals surface area contributed by atoms with Crippen LogP contribution >= 0.6 is 45.8 Å². The minimum absolute atomic E-state index is 0.107. The molecule has 0 aliphatic rings. The average molecular weight is 420 g/mol. The van der Waals surface area contributed by atoms with Gasteiger partial charge in [0.05, 0.1) is 5.56 Å². The first-order valence-electron chi connectivity index (χ1n) is 5.96. The van der Waals surface area contributed by atoms with E-state index < -0.39 is 0 Å². The van der Waals surface area contributed by atoms with Crippen LogP contribution in [0.3, 0.4) is 0 Å². The van der Waals surface area contributed by atoms with Gasteiger partial charge in [-0.05, 0) is 58.8 Å². The number of halogens is 3. The lowest BCUT2D eigenvalue weighted by Crippen LogP contribution is -2.24. The zero-order chi connectivity index (χ0) is 14.7. The van der Waals surface area contributed by atoms with Crippen LogP contribution in [0.2, 0.25) is 10.0 Å². The Bertz CT molecular complexity index is 658. The standard InChI is InChI=1S/C15H12Cl2INO/c1-9-3-2-4-12(14(9)18)15(20)19-8-10-5-6-11(16)7-13(10)17/h2-7H,8H2,1H3,(H,19,20). The summed E-state index contributed by atoms with van der Waals surface area (Å²) in [6, 6.07) is 10.9. The van der Waals surface area contributed by atoms with Gasteiger partial charge in [0.1, 0.15) is 0 Å². The molecule has 2 nitrogen and oxygen atoms in total. The van der Waals surface area contributed by atoms with E-state index in [9.17, 15) is 4.79 Å². The Morgan fingerprint density at radius 2 is 2.00 bits per heavy atom. The lowest BCUT2D eigenvalue weighted by Gasteiger charge is -2.09. The molecule has 0 saturated heterocycles. The van der Waals surface area contributed by atoms with Crippen LogP contribution in [0, 0.1) is 10.5 Å². The van der Waals surface area contributed by atoms with Crippen molar-refractivity contribution in [2.24, 2.45) is 0 Å². The van der Waals surface area contributed by atoms with Gasteiger partial charge in [0, 0.05) is 20.2 Å². The molecule has 0 unspecified atom stereocenters. The predicted octanol–water partition coefficient (Wildman–Crippen LogP) is 4.84. The van der Waals surface area contributed by atoms with Crippen LogP contribution in [0.25, 0.3) is 0 Å². The molecule has 2 aromatic rings. The molecule has 2 aromatic carbocycles. The maximum Gasteiger partial charge on any atom is 0.252 e. The van der Waals surface area contributed by atoms with Gasteiger partial charge >= 0.3 is 0 Å². The van der Waals surface area contributed by atoms with E-state index in [0.29, 0.717) is 22.2 Å². The van der Waals surface area contributed by atoms with Gasteiger partial charge in [-0.2, -0.15) is 0 Å². The van der Waals surface area contributed by atoms with Crippen LogP contribution in [0.1, 0.15) is 21.5 Å². The average Bonchev–Trinajstić information content (AvgIpc) is 2.40. The fraction of sp³-hybridized carbons (Fsp3) is 0.133. The SMILES string of the molecule is Cc1cccc(C(=O)NCc2ccc(Cl)cc2Cl)c1I. The van der Waals surface area contributed by atoms with Crippen molar-refractivity contribution < 1.29 is 4.79 Å². The van der Waals surface area contributed by atoms with E-state index in [0.717, 1.165) is 14.7 Å². The second-order valence-electron chi connectivity index (χ2n) is 4.35. The summed E-state index contributed by atoms with van der Waals surface area (Å²) in [5, 5.41) is 4.01. The van der Waals surface area contributed by atoms with Crippen LogP contribution < -0.4 is 5.32 Å². The van der Waals surface area contributed by atoms with Crippen molar-refractivity contribution in [3.8, 4) is 0 Å². The molecule has 0 aliphatic heterocycles. The summed E-state index contributed by atoms with van der Waals surface area (Å²) in [6.45, 7) is 2.35. The molecule has 0 heterocycles. The van der Waals surface area contributed by atoms with Gasteiger partial charge in [-0.3, -0.25) is 4.79 Å². The summed E-state index contributed by atoms with van der Waals surface area (Å²) >= 11 is 14.1. The molecule has 1 N–H and O–H groups in total. The summed E-state index contributed by atoms with van der Waals surface area (Å²) in [6.07, 6.45) is 0. The molecular weight excluding hydrogens is 408 g/mol. The number of rotatable bonds is 3. The largest absolute Gasteiger partial charge is 0.348 e. The Labute approximate surface area is 141 Å². The lowest BCUT2D eigenvalue weighted by atomic mass is 10.1. The van der Waals surface area contributed by atoms with Crippen LogP contribution in [-0.4, -0.2) is 5.91 Å². The maximum atomic E-state index is 12.2. The van der Waals surface area contributed by atoms with Crippen molar-refractivity contribution in [3.05, 3.63) is 66.7 Å². The van der Waals surface area contributed by atoms with E-state index in [1.54, 1.807) is 12.1 Å². The van der Waals surface area contributed by atoms with E-state index in [4.69, 9.17) is 23.2 Å². The monoisotopic (exact) mass is 419 g/mol. The van der Waals surface area contributed by atoms with Crippen molar-refractivity contribution in [2.75, 3.05) is 0 Å². The number of nitrogens with one attached hydrogen (secondary N) is 1. The van der Waals surface area contributed by atoms with E-state index in [-0.39, 0.29) is 5.91 Å². The number of aryl methyl sites for hydroxylation is 1. The molecule has 0 radical (unpaired) electrons. The number of carbonyl (C=O) groups is 1. The number of hydrogen-bond donors (Lipinski definition) is 1. The summed E-state index contributed by atoms with van der Waals surface area (Å²) in [7, 11) is 0. The quantitative estimate of drug-likeness (QED) is 0.709. The minimum atomic E-state index is -0.107. The normalized spacial score (nSPS) is 10.4. The summed E-state index contributed by atoms with van der Waals surface area (Å²) in [5.74, 6) is -0.107. The number of benzene rings is 2. The van der Waals surface area contributed by atoms with E-state index >= 15 is 0 Å². The Balaban J connectivity index is 2.11. The van der Waals surface area contributed by atoms with Gasteiger partial charge < -0.3 is 5.32 Å². The summed E-state index contributed by atoms with van der Waals surface area (Å²) < 4.78 is 0.963. The molecule has 20 heavy (non-hydrogen) atoms. The van der Waals surface area contributed by atoms with Crippen LogP contribution in [-0.2, 0) is 6.54 Å². The molecule has 0 atom stereocenters. The zero-order valence-electron chi connectivity index (χ0n) is 10.7. The van der Waals surface area contributed by atoms with Crippen LogP contribution in [0.15, 0.2) is 36.4 Å². The second-order valence-corrected chi connectivity index (χ2v) is 6.28. The van der Waals surface area contributed by atoms with E-state index in [2.05, 4.69) is 27.9 Å². The first-order chi connectivity index (χ1) is 9.49. The van der Waals surface area contributed by atoms with Gasteiger partial charge in [-0.1, -0.05) is 41.4 Å². The number of amides is 1. The molecule has 1 amide bonds. The number of carbonyl (C=O) groups excluding carboxylic acids is 1. The highest BCUT2D eigenvalue weighted by molar-refractivity contribution is 14.1. The molecule has 0 aliphatic carbocycles. The van der Waals surface area contributed by atoms with Gasteiger partial charge in [-0.25, -0.2) is 0 Å². The van der Waals surface area contributed by atoms with Crippen molar-refractivity contribution in [3.63, 3.8) is 0 Å². The fourth-order valence-electron chi connectivity index (χ4n) is 1.76. The first kappa shape index (κ1) is 15.6. The van der Waals surface area contributed by atoms with E-state index in [1.807, 2.05) is 31.2 Å². The fourth-order valence-corrected chi connectivity index (χ4v) is 2.84. The topological polar surface area (TPSA) is 29.1 Å². The van der Waals surface area contributed by atoms with Crippen molar-refractivity contribution in [1.29, 1.82) is 0 Å². The first-order valence-corrected chi connectivity index (χ1v) is 7.79. The van der Waals surface area contributed by atoms with Crippen molar-refractivity contribution >= 4 is 51.7 Å². The van der Waals surface area contributed by atoms with Gasteiger partial charge in [0.2, 0.25) is 0 Å². The maximum absolute atomic E-state index is 12.2. The molecule has 0 fully saturated rings. The molecule has 0 saturated carbocycles. The van der Waals surface area contributed by atoms with Gasteiger partial charge in [-0.15, -0.1) is 0 Å². The van der Waals surface area contributed by atoms with Crippen LogP contribution in [0.5, 0.6) is 0 Å².